The van der Waals surface area contributed by atoms with E-state index >= 15 is 0 Å². The fourth-order valence-corrected chi connectivity index (χ4v) is 4.61. The van der Waals surface area contributed by atoms with Crippen molar-refractivity contribution >= 4 is 29.1 Å². The number of likely N-dealkylation sites (tertiary alicyclic amines) is 2. The molecular weight excluding hydrogens is 460 g/mol. The van der Waals surface area contributed by atoms with Crippen LogP contribution in [0.15, 0.2) is 30.5 Å². The van der Waals surface area contributed by atoms with Crippen molar-refractivity contribution in [3.05, 3.63) is 30.5 Å². The molecule has 10 nitrogen and oxygen atoms in total. The highest BCUT2D eigenvalue weighted by molar-refractivity contribution is 5.82. The Morgan fingerprint density at radius 3 is 2.58 bits per heavy atom. The van der Waals surface area contributed by atoms with Crippen LogP contribution in [0.4, 0.5) is 17.5 Å². The molecule has 2 aliphatic heterocycles. The lowest BCUT2D eigenvalue weighted by Gasteiger charge is -2.31. The van der Waals surface area contributed by atoms with Crippen LogP contribution in [0.3, 0.4) is 0 Å². The number of carbonyl (C=O) groups excluding carboxylic acids is 2. The molecule has 36 heavy (non-hydrogen) atoms. The van der Waals surface area contributed by atoms with E-state index in [1.165, 1.54) is 0 Å². The number of piperidine rings is 1. The lowest BCUT2D eigenvalue weighted by atomic mass is 9.97. The molecule has 0 spiro atoms. The van der Waals surface area contributed by atoms with Gasteiger partial charge < -0.3 is 25.0 Å². The number of amides is 1. The van der Waals surface area contributed by atoms with Gasteiger partial charge in [0.25, 0.3) is 0 Å². The fourth-order valence-electron chi connectivity index (χ4n) is 4.61. The molecule has 0 bridgehead atoms. The molecule has 2 aliphatic rings. The summed E-state index contributed by atoms with van der Waals surface area (Å²) in [6.07, 6.45) is 5.97. The van der Waals surface area contributed by atoms with Crippen molar-refractivity contribution in [1.29, 1.82) is 0 Å². The van der Waals surface area contributed by atoms with Gasteiger partial charge in [-0.2, -0.15) is 4.98 Å². The highest BCUT2D eigenvalue weighted by atomic mass is 16.5. The van der Waals surface area contributed by atoms with E-state index in [1.54, 1.807) is 32.4 Å². The predicted octanol–water partition coefficient (Wildman–Crippen LogP) is 2.94. The average molecular weight is 497 g/mol. The van der Waals surface area contributed by atoms with Crippen LogP contribution in [-0.4, -0.2) is 84.4 Å². The monoisotopic (exact) mass is 496 g/mol. The van der Waals surface area contributed by atoms with Crippen molar-refractivity contribution in [2.24, 2.45) is 5.92 Å². The first-order valence-electron chi connectivity index (χ1n) is 12.6. The Kier molecular flexibility index (Phi) is 8.94. The van der Waals surface area contributed by atoms with E-state index in [1.807, 2.05) is 17.0 Å². The van der Waals surface area contributed by atoms with Crippen LogP contribution in [0.2, 0.25) is 0 Å². The van der Waals surface area contributed by atoms with Crippen LogP contribution in [0.5, 0.6) is 11.5 Å². The van der Waals surface area contributed by atoms with Gasteiger partial charge >= 0.3 is 0 Å². The third-order valence-electron chi connectivity index (χ3n) is 6.69. The zero-order valence-electron chi connectivity index (χ0n) is 21.2. The molecule has 3 heterocycles. The number of hydrogen-bond acceptors (Lipinski definition) is 9. The Morgan fingerprint density at radius 1 is 1.08 bits per heavy atom. The van der Waals surface area contributed by atoms with Crippen LogP contribution in [0.25, 0.3) is 0 Å². The summed E-state index contributed by atoms with van der Waals surface area (Å²) in [5, 5.41) is 6.60. The molecule has 0 radical (unpaired) electrons. The van der Waals surface area contributed by atoms with Gasteiger partial charge in [0.1, 0.15) is 12.4 Å². The third kappa shape index (κ3) is 7.30. The van der Waals surface area contributed by atoms with E-state index in [9.17, 15) is 9.59 Å². The van der Waals surface area contributed by atoms with E-state index < -0.39 is 0 Å². The third-order valence-corrected chi connectivity index (χ3v) is 6.69. The molecule has 10 heteroatoms. The van der Waals surface area contributed by atoms with Crippen molar-refractivity contribution < 1.29 is 19.1 Å². The summed E-state index contributed by atoms with van der Waals surface area (Å²) in [5.41, 5.74) is 0.728. The van der Waals surface area contributed by atoms with Crippen LogP contribution < -0.4 is 20.1 Å². The average Bonchev–Trinajstić information content (AvgIpc) is 3.40. The van der Waals surface area contributed by atoms with E-state index in [0.717, 1.165) is 69.9 Å². The number of rotatable bonds is 11. The predicted molar refractivity (Wildman–Crippen MR) is 138 cm³/mol. The fraction of sp³-hybridized carbons (Fsp3) is 0.538. The largest absolute Gasteiger partial charge is 0.493 e. The first-order chi connectivity index (χ1) is 17.5. The molecule has 1 amide bonds. The molecule has 194 valence electrons. The quantitative estimate of drug-likeness (QED) is 0.485. The Bertz CT molecular complexity index is 1030. The lowest BCUT2D eigenvalue weighted by molar-refractivity contribution is -0.130. The molecule has 2 aromatic rings. The summed E-state index contributed by atoms with van der Waals surface area (Å²) < 4.78 is 11.2. The van der Waals surface area contributed by atoms with Crippen molar-refractivity contribution in [3.63, 3.8) is 0 Å². The smallest absolute Gasteiger partial charge is 0.229 e. The highest BCUT2D eigenvalue weighted by Crippen LogP contribution is 2.31. The molecule has 2 fully saturated rings. The second kappa shape index (κ2) is 12.5. The van der Waals surface area contributed by atoms with Crippen LogP contribution >= 0.6 is 0 Å². The molecule has 2 saturated heterocycles. The van der Waals surface area contributed by atoms with Gasteiger partial charge in [-0.05, 0) is 62.9 Å². The molecule has 0 atom stereocenters. The van der Waals surface area contributed by atoms with E-state index in [0.29, 0.717) is 29.9 Å². The van der Waals surface area contributed by atoms with E-state index in [4.69, 9.17) is 9.47 Å². The van der Waals surface area contributed by atoms with E-state index in [-0.39, 0.29) is 18.3 Å². The summed E-state index contributed by atoms with van der Waals surface area (Å²) in [7, 11) is 1.57. The summed E-state index contributed by atoms with van der Waals surface area (Å²) in [4.78, 5) is 36.8. The Hall–Kier alpha value is -3.40. The van der Waals surface area contributed by atoms with Gasteiger partial charge in [0.05, 0.1) is 13.7 Å². The summed E-state index contributed by atoms with van der Waals surface area (Å²) in [6.45, 7) is 6.41. The van der Waals surface area contributed by atoms with Gasteiger partial charge in [0.15, 0.2) is 17.3 Å². The summed E-state index contributed by atoms with van der Waals surface area (Å²) in [5.74, 6) is 2.93. The second-order valence-corrected chi connectivity index (χ2v) is 9.40. The molecule has 0 unspecified atom stereocenters. The van der Waals surface area contributed by atoms with Crippen LogP contribution in [0.1, 0.15) is 32.6 Å². The molecule has 1 aromatic heterocycles. The number of carbonyl (C=O) groups is 2. The number of benzene rings is 1. The molecule has 2 N–H and O–H groups in total. The van der Waals surface area contributed by atoms with Gasteiger partial charge in [-0.25, -0.2) is 4.98 Å². The summed E-state index contributed by atoms with van der Waals surface area (Å²) in [6, 6.07) is 7.26. The number of methoxy groups -OCH3 is 1. The molecular formula is C26H36N6O4. The van der Waals surface area contributed by atoms with Gasteiger partial charge in [0, 0.05) is 44.5 Å². The standard InChI is InChI=1S/C26H36N6O4/c1-19(33)32-13-8-20(9-14-32)16-28-25-7-10-27-26(30-25)29-21-5-6-23(35-2)24(15-21)36-18-22(34)17-31-11-3-4-12-31/h5-7,10,15,20H,3-4,8-9,11-14,16-18H2,1-2H3,(H2,27,28,29,30). The van der Waals surface area contributed by atoms with Crippen molar-refractivity contribution in [3.8, 4) is 11.5 Å². The minimum Gasteiger partial charge on any atom is -0.493 e. The SMILES string of the molecule is COc1ccc(Nc2nccc(NCC3CCN(C(C)=O)CC3)n2)cc1OCC(=O)CN1CCCC1. The van der Waals surface area contributed by atoms with Crippen molar-refractivity contribution in [2.75, 3.05) is 63.6 Å². The van der Waals surface area contributed by atoms with Gasteiger partial charge in [0.2, 0.25) is 11.9 Å². The van der Waals surface area contributed by atoms with Crippen LogP contribution in [-0.2, 0) is 9.59 Å². The Labute approximate surface area is 212 Å². The zero-order chi connectivity index (χ0) is 25.3. The number of nitrogens with zero attached hydrogens (tertiary/aromatic N) is 4. The molecule has 1 aromatic carbocycles. The molecule has 0 aliphatic carbocycles. The number of ketones is 1. The first kappa shape index (κ1) is 25.7. The van der Waals surface area contributed by atoms with Gasteiger partial charge in [-0.3, -0.25) is 14.5 Å². The molecule has 0 saturated carbocycles. The highest BCUT2D eigenvalue weighted by Gasteiger charge is 2.20. The van der Waals surface area contributed by atoms with Gasteiger partial charge in [-0.15, -0.1) is 0 Å². The minimum atomic E-state index is -0.00242. The number of Topliss-reactive ketones (excluding diaryl/α,β-unsaturated/α-hetero) is 1. The Balaban J connectivity index is 1.31. The first-order valence-corrected chi connectivity index (χ1v) is 12.6. The number of anilines is 3. The number of hydrogen-bond donors (Lipinski definition) is 2. The maximum absolute atomic E-state index is 12.3. The molecule has 4 rings (SSSR count). The number of ether oxygens (including phenoxy) is 2. The zero-order valence-corrected chi connectivity index (χ0v) is 21.2. The van der Waals surface area contributed by atoms with Gasteiger partial charge in [-0.1, -0.05) is 0 Å². The maximum Gasteiger partial charge on any atom is 0.229 e. The van der Waals surface area contributed by atoms with Crippen molar-refractivity contribution in [1.82, 2.24) is 19.8 Å². The Morgan fingerprint density at radius 2 is 1.86 bits per heavy atom. The van der Waals surface area contributed by atoms with E-state index in [2.05, 4.69) is 25.5 Å². The number of nitrogens with one attached hydrogen (secondary N) is 2. The van der Waals surface area contributed by atoms with Crippen LogP contribution in [0, 0.1) is 5.92 Å². The normalized spacial score (nSPS) is 16.6. The second-order valence-electron chi connectivity index (χ2n) is 9.40. The maximum atomic E-state index is 12.3. The van der Waals surface area contributed by atoms with Crippen molar-refractivity contribution in [2.45, 2.75) is 32.6 Å². The minimum absolute atomic E-state index is 0.00242. The number of aromatic nitrogens is 2. The topological polar surface area (TPSA) is 109 Å². The summed E-state index contributed by atoms with van der Waals surface area (Å²) >= 11 is 0. The lowest BCUT2D eigenvalue weighted by Crippen LogP contribution is -2.38.